The molecule has 4 atom stereocenters. The number of carbonyl (C=O) groups is 1. The molecule has 0 aromatic rings. The zero-order valence-electron chi connectivity index (χ0n) is 13.7. The summed E-state index contributed by atoms with van der Waals surface area (Å²) < 4.78 is 0. The Labute approximate surface area is 123 Å². The molecule has 0 aliphatic heterocycles. The van der Waals surface area contributed by atoms with Gasteiger partial charge in [-0.3, -0.25) is 4.79 Å². The minimum Gasteiger partial charge on any atom is -0.481 e. The van der Waals surface area contributed by atoms with Gasteiger partial charge in [-0.15, -0.1) is 0 Å². The van der Waals surface area contributed by atoms with Crippen LogP contribution >= 0.6 is 0 Å². The predicted octanol–water partition coefficient (Wildman–Crippen LogP) is 2.51. The number of aliphatic carboxylic acids is 1. The molecule has 0 amide bonds. The summed E-state index contributed by atoms with van der Waals surface area (Å²) in [7, 11) is 0. The molecule has 1 aliphatic carbocycles. The van der Waals surface area contributed by atoms with Gasteiger partial charge < -0.3 is 15.5 Å². The molecule has 118 valence electrons. The van der Waals surface area contributed by atoms with Crippen LogP contribution in [-0.4, -0.2) is 34.4 Å². The van der Waals surface area contributed by atoms with Crippen LogP contribution in [0.5, 0.6) is 0 Å². The average molecular weight is 285 g/mol. The molecule has 20 heavy (non-hydrogen) atoms. The van der Waals surface area contributed by atoms with E-state index in [0.717, 1.165) is 6.42 Å². The van der Waals surface area contributed by atoms with E-state index in [1.807, 2.05) is 34.6 Å². The third-order valence-corrected chi connectivity index (χ3v) is 5.71. The van der Waals surface area contributed by atoms with Gasteiger partial charge in [0.25, 0.3) is 0 Å². The molecule has 0 heterocycles. The van der Waals surface area contributed by atoms with Gasteiger partial charge >= 0.3 is 5.97 Å². The quantitative estimate of drug-likeness (QED) is 0.726. The number of carboxylic acids is 1. The molecule has 4 nitrogen and oxygen atoms in total. The lowest BCUT2D eigenvalue weighted by Gasteiger charge is -2.47. The third kappa shape index (κ3) is 3.53. The van der Waals surface area contributed by atoms with Crippen molar-refractivity contribution in [3.63, 3.8) is 0 Å². The van der Waals surface area contributed by atoms with E-state index in [0.29, 0.717) is 13.0 Å². The molecule has 4 heteroatoms. The maximum Gasteiger partial charge on any atom is 0.307 e. The zero-order valence-corrected chi connectivity index (χ0v) is 13.7. The molecule has 0 radical (unpaired) electrons. The second kappa shape index (κ2) is 6.02. The highest BCUT2D eigenvalue weighted by Crippen LogP contribution is 2.45. The number of hydrogen-bond acceptors (Lipinski definition) is 3. The lowest BCUT2D eigenvalue weighted by Crippen LogP contribution is -2.54. The van der Waals surface area contributed by atoms with Crippen LogP contribution in [0, 0.1) is 23.2 Å². The van der Waals surface area contributed by atoms with E-state index in [1.54, 1.807) is 0 Å². The lowest BCUT2D eigenvalue weighted by molar-refractivity contribution is -0.150. The van der Waals surface area contributed by atoms with E-state index >= 15 is 0 Å². The normalized spacial score (nSPS) is 32.9. The molecule has 0 aromatic heterocycles. The maximum atomic E-state index is 11.4. The molecule has 1 fully saturated rings. The first-order valence-corrected chi connectivity index (χ1v) is 7.68. The van der Waals surface area contributed by atoms with Crippen molar-refractivity contribution in [1.29, 1.82) is 0 Å². The zero-order chi connectivity index (χ0) is 15.7. The molecular formula is C16H31NO3. The number of aliphatic hydroxyl groups is 1. The molecule has 1 rings (SSSR count). The van der Waals surface area contributed by atoms with Gasteiger partial charge in [-0.1, -0.05) is 34.6 Å². The summed E-state index contributed by atoms with van der Waals surface area (Å²) in [6.07, 6.45) is 1.56. The van der Waals surface area contributed by atoms with E-state index < -0.39 is 11.6 Å². The van der Waals surface area contributed by atoms with Crippen LogP contribution < -0.4 is 5.32 Å². The van der Waals surface area contributed by atoms with E-state index in [2.05, 4.69) is 12.2 Å². The Kier molecular flexibility index (Phi) is 5.25. The number of nitrogens with one attached hydrogen (secondary N) is 1. The first kappa shape index (κ1) is 17.4. The van der Waals surface area contributed by atoms with Gasteiger partial charge in [0.2, 0.25) is 0 Å². The van der Waals surface area contributed by atoms with E-state index in [9.17, 15) is 15.0 Å². The van der Waals surface area contributed by atoms with Crippen LogP contribution in [0.4, 0.5) is 0 Å². The fourth-order valence-electron chi connectivity index (χ4n) is 3.07. The average Bonchev–Trinajstić information content (AvgIpc) is 2.30. The Balaban J connectivity index is 2.70. The SMILES string of the molecule is CC(C)C(C)(O)CNC1CCC(C(=O)O)C(C)(C)C1C. The summed E-state index contributed by atoms with van der Waals surface area (Å²) in [5, 5.41) is 23.1. The fourth-order valence-corrected chi connectivity index (χ4v) is 3.07. The van der Waals surface area contributed by atoms with Gasteiger partial charge in [-0.25, -0.2) is 0 Å². The van der Waals surface area contributed by atoms with Gasteiger partial charge in [0.05, 0.1) is 11.5 Å². The van der Waals surface area contributed by atoms with Crippen molar-refractivity contribution in [2.75, 3.05) is 6.54 Å². The lowest BCUT2D eigenvalue weighted by atomic mass is 9.61. The Morgan fingerprint density at radius 3 is 2.40 bits per heavy atom. The van der Waals surface area contributed by atoms with E-state index in [4.69, 9.17) is 0 Å². The van der Waals surface area contributed by atoms with Crippen molar-refractivity contribution in [2.24, 2.45) is 23.2 Å². The number of carboxylic acid groups (broad SMARTS) is 1. The molecule has 0 spiro atoms. The van der Waals surface area contributed by atoms with E-state index in [1.165, 1.54) is 0 Å². The minimum atomic E-state index is -0.729. The molecule has 1 aliphatic rings. The Hall–Kier alpha value is -0.610. The molecule has 0 saturated heterocycles. The fraction of sp³-hybridized carbons (Fsp3) is 0.938. The van der Waals surface area contributed by atoms with Crippen molar-refractivity contribution in [2.45, 2.75) is 66.0 Å². The van der Waals surface area contributed by atoms with E-state index in [-0.39, 0.29) is 29.2 Å². The monoisotopic (exact) mass is 285 g/mol. The second-order valence-electron chi connectivity index (χ2n) is 7.58. The van der Waals surface area contributed by atoms with Crippen LogP contribution in [0.1, 0.15) is 54.4 Å². The Morgan fingerprint density at radius 1 is 1.40 bits per heavy atom. The first-order chi connectivity index (χ1) is 9.00. The maximum absolute atomic E-state index is 11.4. The second-order valence-corrected chi connectivity index (χ2v) is 7.58. The van der Waals surface area contributed by atoms with Crippen molar-refractivity contribution < 1.29 is 15.0 Å². The highest BCUT2D eigenvalue weighted by Gasteiger charge is 2.46. The van der Waals surface area contributed by atoms with Crippen molar-refractivity contribution in [1.82, 2.24) is 5.32 Å². The van der Waals surface area contributed by atoms with Gasteiger partial charge in [-0.2, -0.15) is 0 Å². The van der Waals surface area contributed by atoms with Crippen molar-refractivity contribution >= 4 is 5.97 Å². The molecule has 4 unspecified atom stereocenters. The summed E-state index contributed by atoms with van der Waals surface area (Å²) in [4.78, 5) is 11.4. The molecule has 0 bridgehead atoms. The number of hydrogen-bond donors (Lipinski definition) is 3. The van der Waals surface area contributed by atoms with Crippen LogP contribution in [-0.2, 0) is 4.79 Å². The highest BCUT2D eigenvalue weighted by molar-refractivity contribution is 5.71. The van der Waals surface area contributed by atoms with Gasteiger partial charge in [0, 0.05) is 12.6 Å². The largest absolute Gasteiger partial charge is 0.481 e. The van der Waals surface area contributed by atoms with Crippen molar-refractivity contribution in [3.05, 3.63) is 0 Å². The summed E-state index contributed by atoms with van der Waals surface area (Å²) >= 11 is 0. The standard InChI is InChI=1S/C16H31NO3/c1-10(2)16(6,20)9-17-13-8-7-12(14(18)19)15(4,5)11(13)3/h10-13,17,20H,7-9H2,1-6H3,(H,18,19). The number of rotatable bonds is 5. The Bertz CT molecular complexity index is 350. The van der Waals surface area contributed by atoms with Crippen LogP contribution in [0.3, 0.4) is 0 Å². The third-order valence-electron chi connectivity index (χ3n) is 5.71. The Morgan fingerprint density at radius 2 is 1.95 bits per heavy atom. The molecule has 3 N–H and O–H groups in total. The van der Waals surface area contributed by atoms with Gasteiger partial charge in [0.15, 0.2) is 0 Å². The van der Waals surface area contributed by atoms with Crippen LogP contribution in [0.15, 0.2) is 0 Å². The molecule has 0 aromatic carbocycles. The summed E-state index contributed by atoms with van der Waals surface area (Å²) in [6, 6.07) is 0.269. The van der Waals surface area contributed by atoms with Crippen LogP contribution in [0.25, 0.3) is 0 Å². The smallest absolute Gasteiger partial charge is 0.307 e. The van der Waals surface area contributed by atoms with Gasteiger partial charge in [0.1, 0.15) is 0 Å². The predicted molar refractivity (Wildman–Crippen MR) is 80.6 cm³/mol. The summed E-state index contributed by atoms with van der Waals surface area (Å²) in [6.45, 7) is 12.6. The molecular weight excluding hydrogens is 254 g/mol. The summed E-state index contributed by atoms with van der Waals surface area (Å²) in [5.41, 5.74) is -0.959. The topological polar surface area (TPSA) is 69.6 Å². The summed E-state index contributed by atoms with van der Waals surface area (Å²) in [5.74, 6) is -0.510. The molecule has 1 saturated carbocycles. The van der Waals surface area contributed by atoms with Crippen molar-refractivity contribution in [3.8, 4) is 0 Å². The first-order valence-electron chi connectivity index (χ1n) is 7.68. The highest BCUT2D eigenvalue weighted by atomic mass is 16.4. The van der Waals surface area contributed by atoms with Crippen LogP contribution in [0.2, 0.25) is 0 Å². The minimum absolute atomic E-state index is 0.189. The van der Waals surface area contributed by atoms with Gasteiger partial charge in [-0.05, 0) is 37.0 Å².